The molecule has 0 unspecified atom stereocenters. The first-order valence-electron chi connectivity index (χ1n) is 6.82. The molecule has 16 heavy (non-hydrogen) atoms. The molecule has 0 fully saturated rings. The van der Waals surface area contributed by atoms with E-state index in [1.807, 2.05) is 0 Å². The molecule has 0 atom stereocenters. The maximum Gasteiger partial charge on any atom is 0.331 e. The van der Waals surface area contributed by atoms with Crippen molar-refractivity contribution in [2.45, 2.75) is 64.8 Å². The Hall–Kier alpha value is 0.354. The van der Waals surface area contributed by atoms with Crippen LogP contribution in [0.3, 0.4) is 0 Å². The van der Waals surface area contributed by atoms with Crippen LogP contribution in [-0.2, 0) is 8.85 Å². The number of hydrogen-bond donors (Lipinski definition) is 0. The summed E-state index contributed by atoms with van der Waals surface area (Å²) < 4.78 is 12.2. The zero-order valence-electron chi connectivity index (χ0n) is 11.8. The molecule has 0 aromatic carbocycles. The Balaban J connectivity index is 4.02. The van der Waals surface area contributed by atoms with E-state index in [1.165, 1.54) is 31.4 Å². The van der Waals surface area contributed by atoms with E-state index >= 15 is 0 Å². The summed E-state index contributed by atoms with van der Waals surface area (Å²) in [5.41, 5.74) is 1.25. The van der Waals surface area contributed by atoms with Crippen molar-refractivity contribution >= 4 is 17.4 Å². The minimum atomic E-state index is -1.83. The van der Waals surface area contributed by atoms with E-state index < -0.39 is 17.4 Å². The average molecular weight is 263 g/mol. The molecule has 0 aliphatic heterocycles. The molecule has 0 heterocycles. The maximum atomic E-state index is 6.08. The molecular formula is C12H30O2Si2. The molecule has 4 heteroatoms. The van der Waals surface area contributed by atoms with Crippen molar-refractivity contribution in [3.8, 4) is 0 Å². The largest absolute Gasteiger partial charge is 0.395 e. The van der Waals surface area contributed by atoms with Gasteiger partial charge in [-0.1, -0.05) is 39.8 Å². The fraction of sp³-hybridized carbons (Fsp3) is 1.00. The summed E-state index contributed by atoms with van der Waals surface area (Å²) >= 11 is 0. The van der Waals surface area contributed by atoms with E-state index in [9.17, 15) is 0 Å². The molecule has 98 valence electrons. The maximum absolute atomic E-state index is 6.08. The predicted octanol–water partition coefficient (Wildman–Crippen LogP) is 3.72. The molecule has 0 rings (SSSR count). The van der Waals surface area contributed by atoms with Crippen LogP contribution in [0.5, 0.6) is 0 Å². The first-order chi connectivity index (χ1) is 7.54. The molecule has 2 nitrogen and oxygen atoms in total. The predicted molar refractivity (Wildman–Crippen MR) is 77.0 cm³/mol. The quantitative estimate of drug-likeness (QED) is 0.441. The highest BCUT2D eigenvalue weighted by atomic mass is 28.4. The standard InChI is InChI=1S/C12H30O2Si2/c1-6-8-10-13-16(5,12-15(3)4)14-11-9-7-2/h15H,6-12H2,1-5H3. The van der Waals surface area contributed by atoms with E-state index in [4.69, 9.17) is 8.85 Å². The molecule has 0 aromatic rings. The second-order valence-corrected chi connectivity index (χ2v) is 12.4. The molecule has 0 amide bonds. The summed E-state index contributed by atoms with van der Waals surface area (Å²) in [7, 11) is -2.41. The average Bonchev–Trinajstić information content (AvgIpc) is 2.17. The fourth-order valence-corrected chi connectivity index (χ4v) is 9.88. The lowest BCUT2D eigenvalue weighted by Gasteiger charge is -2.28. The smallest absolute Gasteiger partial charge is 0.331 e. The minimum Gasteiger partial charge on any atom is -0.395 e. The van der Waals surface area contributed by atoms with Crippen molar-refractivity contribution in [3.05, 3.63) is 0 Å². The van der Waals surface area contributed by atoms with Gasteiger partial charge in [0.15, 0.2) is 0 Å². The van der Waals surface area contributed by atoms with Crippen molar-refractivity contribution in [1.82, 2.24) is 0 Å². The molecule has 0 bridgehead atoms. The van der Waals surface area contributed by atoms with Crippen LogP contribution < -0.4 is 0 Å². The Morgan fingerprint density at radius 2 is 1.38 bits per heavy atom. The Bertz CT molecular complexity index is 153. The van der Waals surface area contributed by atoms with Crippen LogP contribution in [0, 0.1) is 0 Å². The minimum absolute atomic E-state index is 0.587. The summed E-state index contributed by atoms with van der Waals surface area (Å²) in [6, 6.07) is 0. The van der Waals surface area contributed by atoms with Gasteiger partial charge >= 0.3 is 8.56 Å². The molecule has 0 saturated carbocycles. The molecule has 0 saturated heterocycles. The Morgan fingerprint density at radius 3 is 1.69 bits per heavy atom. The van der Waals surface area contributed by atoms with Crippen LogP contribution >= 0.6 is 0 Å². The van der Waals surface area contributed by atoms with Gasteiger partial charge < -0.3 is 8.85 Å². The van der Waals surface area contributed by atoms with Crippen LogP contribution in [0.1, 0.15) is 39.5 Å². The van der Waals surface area contributed by atoms with Crippen molar-refractivity contribution in [1.29, 1.82) is 0 Å². The third-order valence-electron chi connectivity index (χ3n) is 2.59. The first kappa shape index (κ1) is 16.4. The van der Waals surface area contributed by atoms with Crippen molar-refractivity contribution in [2.75, 3.05) is 13.2 Å². The van der Waals surface area contributed by atoms with Gasteiger partial charge in [0.2, 0.25) is 0 Å². The molecule has 0 N–H and O–H groups in total. The first-order valence-corrected chi connectivity index (χ1v) is 12.5. The fourth-order valence-electron chi connectivity index (χ4n) is 1.77. The SMILES string of the molecule is CCCCO[Si](C)(C[SiH](C)C)OCCCC. The van der Waals surface area contributed by atoms with E-state index in [-0.39, 0.29) is 0 Å². The summed E-state index contributed by atoms with van der Waals surface area (Å²) in [6.45, 7) is 13.2. The van der Waals surface area contributed by atoms with Gasteiger partial charge in [-0.3, -0.25) is 0 Å². The van der Waals surface area contributed by atoms with E-state index in [2.05, 4.69) is 33.5 Å². The Kier molecular flexibility index (Phi) is 9.60. The molecule has 0 spiro atoms. The zero-order chi connectivity index (χ0) is 12.4. The van der Waals surface area contributed by atoms with Crippen LogP contribution in [0.15, 0.2) is 0 Å². The summed E-state index contributed by atoms with van der Waals surface area (Å²) in [5, 5.41) is 0. The van der Waals surface area contributed by atoms with Crippen molar-refractivity contribution < 1.29 is 8.85 Å². The molecule has 0 aromatic heterocycles. The molecular weight excluding hydrogens is 232 g/mol. The van der Waals surface area contributed by atoms with Gasteiger partial charge in [-0.15, -0.1) is 0 Å². The third-order valence-corrected chi connectivity index (χ3v) is 10.5. The molecule has 0 radical (unpaired) electrons. The van der Waals surface area contributed by atoms with E-state index in [0.29, 0.717) is 0 Å². The summed E-state index contributed by atoms with van der Waals surface area (Å²) in [6.07, 6.45) is 4.75. The second kappa shape index (κ2) is 9.39. The lowest BCUT2D eigenvalue weighted by Crippen LogP contribution is -2.42. The van der Waals surface area contributed by atoms with E-state index in [0.717, 1.165) is 13.2 Å². The van der Waals surface area contributed by atoms with Crippen LogP contribution in [0.25, 0.3) is 0 Å². The monoisotopic (exact) mass is 262 g/mol. The third kappa shape index (κ3) is 8.50. The van der Waals surface area contributed by atoms with Gasteiger partial charge in [-0.05, 0) is 25.1 Å². The van der Waals surface area contributed by atoms with E-state index in [1.54, 1.807) is 0 Å². The Labute approximate surface area is 105 Å². The highest BCUT2D eigenvalue weighted by Crippen LogP contribution is 2.17. The summed E-state index contributed by atoms with van der Waals surface area (Å²) in [4.78, 5) is 0. The van der Waals surface area contributed by atoms with Crippen molar-refractivity contribution in [2.24, 2.45) is 0 Å². The topological polar surface area (TPSA) is 18.5 Å². The van der Waals surface area contributed by atoms with Crippen molar-refractivity contribution in [3.63, 3.8) is 0 Å². The molecule has 0 aliphatic carbocycles. The second-order valence-electron chi connectivity index (χ2n) is 5.14. The summed E-state index contributed by atoms with van der Waals surface area (Å²) in [5.74, 6) is 0. The van der Waals surface area contributed by atoms with Crippen LogP contribution in [0.2, 0.25) is 25.3 Å². The molecule has 0 aliphatic rings. The number of unbranched alkanes of at least 4 members (excludes halogenated alkanes) is 2. The van der Waals surface area contributed by atoms with Gasteiger partial charge in [0, 0.05) is 22.0 Å². The van der Waals surface area contributed by atoms with Gasteiger partial charge in [0.1, 0.15) is 0 Å². The van der Waals surface area contributed by atoms with Gasteiger partial charge in [-0.2, -0.15) is 0 Å². The van der Waals surface area contributed by atoms with Crippen LogP contribution in [-0.4, -0.2) is 30.6 Å². The van der Waals surface area contributed by atoms with Gasteiger partial charge in [0.25, 0.3) is 0 Å². The zero-order valence-corrected chi connectivity index (χ0v) is 14.0. The lowest BCUT2D eigenvalue weighted by atomic mass is 10.4. The lowest BCUT2D eigenvalue weighted by molar-refractivity contribution is 0.172. The van der Waals surface area contributed by atoms with Gasteiger partial charge in [0.05, 0.1) is 0 Å². The highest BCUT2D eigenvalue weighted by Gasteiger charge is 2.32. The number of hydrogen-bond acceptors (Lipinski definition) is 2. The van der Waals surface area contributed by atoms with Gasteiger partial charge in [-0.25, -0.2) is 0 Å². The van der Waals surface area contributed by atoms with Crippen LogP contribution in [0.4, 0.5) is 0 Å². The number of rotatable bonds is 10. The highest BCUT2D eigenvalue weighted by molar-refractivity contribution is 6.80. The Morgan fingerprint density at radius 1 is 0.938 bits per heavy atom. The normalized spacial score (nSPS) is 12.4.